The molecule has 0 saturated heterocycles. The Bertz CT molecular complexity index is 195. The fourth-order valence-electron chi connectivity index (χ4n) is 0.555. The third-order valence-electron chi connectivity index (χ3n) is 1.04. The Kier molecular flexibility index (Phi) is 1.38. The number of rotatable bonds is 1. The van der Waals surface area contributed by atoms with E-state index in [0.29, 0.717) is 5.69 Å². The zero-order valence-electron chi connectivity index (χ0n) is 5.33. The SMILES string of the molecule is CC(C)c1nnoc1O. The van der Waals surface area contributed by atoms with Crippen molar-refractivity contribution in [1.82, 2.24) is 10.4 Å². The smallest absolute Gasteiger partial charge is 0.333 e. The highest BCUT2D eigenvalue weighted by Gasteiger charge is 2.10. The summed E-state index contributed by atoms with van der Waals surface area (Å²) in [7, 11) is 0. The molecule has 1 aromatic heterocycles. The summed E-state index contributed by atoms with van der Waals surface area (Å²) in [6.07, 6.45) is 0. The summed E-state index contributed by atoms with van der Waals surface area (Å²) < 4.78 is 4.32. The Balaban J connectivity index is 2.94. The average molecular weight is 128 g/mol. The first-order chi connectivity index (χ1) is 4.22. The van der Waals surface area contributed by atoms with Gasteiger partial charge in [0.15, 0.2) is 5.69 Å². The molecule has 9 heavy (non-hydrogen) atoms. The quantitative estimate of drug-likeness (QED) is 0.610. The van der Waals surface area contributed by atoms with E-state index in [9.17, 15) is 0 Å². The van der Waals surface area contributed by atoms with Gasteiger partial charge in [-0.05, 0) is 0 Å². The molecule has 1 heterocycles. The van der Waals surface area contributed by atoms with Gasteiger partial charge in [0.25, 0.3) is 0 Å². The molecule has 4 nitrogen and oxygen atoms in total. The van der Waals surface area contributed by atoms with E-state index < -0.39 is 0 Å². The van der Waals surface area contributed by atoms with E-state index in [1.165, 1.54) is 0 Å². The summed E-state index contributed by atoms with van der Waals surface area (Å²) in [5.74, 6) is -0.0127. The topological polar surface area (TPSA) is 59.2 Å². The molecular weight excluding hydrogens is 120 g/mol. The highest BCUT2D eigenvalue weighted by Crippen LogP contribution is 2.20. The normalized spacial score (nSPS) is 10.6. The third-order valence-corrected chi connectivity index (χ3v) is 1.04. The lowest BCUT2D eigenvalue weighted by molar-refractivity contribution is 0.268. The van der Waals surface area contributed by atoms with Gasteiger partial charge in [-0.3, -0.25) is 4.52 Å². The first kappa shape index (κ1) is 6.07. The van der Waals surface area contributed by atoms with Crippen molar-refractivity contribution in [3.8, 4) is 5.95 Å². The lowest BCUT2D eigenvalue weighted by Crippen LogP contribution is -1.86. The number of aromatic nitrogens is 2. The zero-order chi connectivity index (χ0) is 6.85. The Hall–Kier alpha value is -1.06. The van der Waals surface area contributed by atoms with Crippen molar-refractivity contribution < 1.29 is 9.63 Å². The van der Waals surface area contributed by atoms with Gasteiger partial charge in [0.05, 0.1) is 0 Å². The molecule has 0 saturated carbocycles. The Morgan fingerprint density at radius 3 is 2.44 bits per heavy atom. The highest BCUT2D eigenvalue weighted by molar-refractivity contribution is 5.13. The number of hydrogen-bond acceptors (Lipinski definition) is 4. The van der Waals surface area contributed by atoms with Crippen LogP contribution in [0.5, 0.6) is 5.95 Å². The lowest BCUT2D eigenvalue weighted by atomic mass is 10.1. The van der Waals surface area contributed by atoms with Gasteiger partial charge in [-0.25, -0.2) is 0 Å². The van der Waals surface area contributed by atoms with Crippen molar-refractivity contribution in [2.24, 2.45) is 0 Å². The molecule has 0 amide bonds. The van der Waals surface area contributed by atoms with E-state index in [4.69, 9.17) is 5.11 Å². The van der Waals surface area contributed by atoms with Gasteiger partial charge < -0.3 is 5.11 Å². The molecule has 0 bridgehead atoms. The molecule has 1 rings (SSSR count). The first-order valence-electron chi connectivity index (χ1n) is 2.73. The molecular formula is C5H8N2O2. The second-order valence-corrected chi connectivity index (χ2v) is 2.12. The van der Waals surface area contributed by atoms with E-state index in [2.05, 4.69) is 14.9 Å². The maximum absolute atomic E-state index is 8.83. The van der Waals surface area contributed by atoms with Crippen LogP contribution in [0.1, 0.15) is 25.5 Å². The van der Waals surface area contributed by atoms with E-state index in [0.717, 1.165) is 0 Å². The molecule has 0 unspecified atom stereocenters. The fraction of sp³-hybridized carbons (Fsp3) is 0.600. The molecule has 4 heteroatoms. The molecule has 0 spiro atoms. The largest absolute Gasteiger partial charge is 0.478 e. The molecule has 0 aromatic carbocycles. The molecule has 0 atom stereocenters. The molecule has 0 fully saturated rings. The van der Waals surface area contributed by atoms with E-state index in [1.807, 2.05) is 13.8 Å². The van der Waals surface area contributed by atoms with Crippen LogP contribution in [0, 0.1) is 0 Å². The van der Waals surface area contributed by atoms with E-state index in [1.54, 1.807) is 0 Å². The maximum Gasteiger partial charge on any atom is 0.333 e. The van der Waals surface area contributed by atoms with Crippen LogP contribution in [0.2, 0.25) is 0 Å². The van der Waals surface area contributed by atoms with Crippen molar-refractivity contribution in [2.75, 3.05) is 0 Å². The summed E-state index contributed by atoms with van der Waals surface area (Å²) >= 11 is 0. The highest BCUT2D eigenvalue weighted by atomic mass is 16.6. The summed E-state index contributed by atoms with van der Waals surface area (Å²) in [5, 5.41) is 15.5. The van der Waals surface area contributed by atoms with Crippen LogP contribution < -0.4 is 0 Å². The van der Waals surface area contributed by atoms with Gasteiger partial charge >= 0.3 is 5.95 Å². The minimum atomic E-state index is -0.176. The summed E-state index contributed by atoms with van der Waals surface area (Å²) in [6.45, 7) is 3.80. The number of aromatic hydroxyl groups is 1. The first-order valence-corrected chi connectivity index (χ1v) is 2.73. The third kappa shape index (κ3) is 1.01. The van der Waals surface area contributed by atoms with Crippen LogP contribution in [-0.4, -0.2) is 15.5 Å². The molecule has 1 aromatic rings. The number of nitrogens with zero attached hydrogens (tertiary/aromatic N) is 2. The molecule has 0 aliphatic heterocycles. The molecule has 50 valence electrons. The standard InChI is InChI=1S/C5H8N2O2/c1-3(2)4-5(8)9-7-6-4/h3,8H,1-2H3. The fourth-order valence-corrected chi connectivity index (χ4v) is 0.555. The Morgan fingerprint density at radius 2 is 2.22 bits per heavy atom. The van der Waals surface area contributed by atoms with Gasteiger partial charge in [-0.1, -0.05) is 13.8 Å². The predicted octanol–water partition coefficient (Wildman–Crippen LogP) is 0.899. The number of hydrogen-bond donors (Lipinski definition) is 1. The lowest BCUT2D eigenvalue weighted by Gasteiger charge is -1.93. The minimum Gasteiger partial charge on any atom is -0.478 e. The van der Waals surface area contributed by atoms with Gasteiger partial charge in [0, 0.05) is 11.2 Å². The van der Waals surface area contributed by atoms with Gasteiger partial charge in [0.2, 0.25) is 0 Å². The van der Waals surface area contributed by atoms with Crippen LogP contribution in [0.3, 0.4) is 0 Å². The van der Waals surface area contributed by atoms with E-state index >= 15 is 0 Å². The van der Waals surface area contributed by atoms with Gasteiger partial charge in [-0.15, -0.1) is 5.10 Å². The Morgan fingerprint density at radius 1 is 1.56 bits per heavy atom. The van der Waals surface area contributed by atoms with Crippen molar-refractivity contribution in [3.63, 3.8) is 0 Å². The second-order valence-electron chi connectivity index (χ2n) is 2.12. The second kappa shape index (κ2) is 2.05. The monoisotopic (exact) mass is 128 g/mol. The van der Waals surface area contributed by atoms with Gasteiger partial charge in [-0.2, -0.15) is 0 Å². The zero-order valence-corrected chi connectivity index (χ0v) is 5.33. The van der Waals surface area contributed by atoms with E-state index in [-0.39, 0.29) is 11.9 Å². The summed E-state index contributed by atoms with van der Waals surface area (Å²) in [6, 6.07) is 0. The predicted molar refractivity (Wildman–Crippen MR) is 30.1 cm³/mol. The van der Waals surface area contributed by atoms with Crippen molar-refractivity contribution in [1.29, 1.82) is 0 Å². The average Bonchev–Trinajstić information content (AvgIpc) is 2.13. The van der Waals surface area contributed by atoms with Crippen molar-refractivity contribution in [3.05, 3.63) is 5.69 Å². The summed E-state index contributed by atoms with van der Waals surface area (Å²) in [5.41, 5.74) is 0.509. The van der Waals surface area contributed by atoms with Gasteiger partial charge in [0.1, 0.15) is 0 Å². The van der Waals surface area contributed by atoms with Crippen LogP contribution in [0.4, 0.5) is 0 Å². The van der Waals surface area contributed by atoms with Crippen LogP contribution in [0.15, 0.2) is 4.52 Å². The van der Waals surface area contributed by atoms with Crippen LogP contribution >= 0.6 is 0 Å². The maximum atomic E-state index is 8.83. The van der Waals surface area contributed by atoms with Crippen molar-refractivity contribution >= 4 is 0 Å². The molecule has 0 aliphatic carbocycles. The minimum absolute atomic E-state index is 0.163. The van der Waals surface area contributed by atoms with Crippen LogP contribution in [0.25, 0.3) is 0 Å². The molecule has 0 radical (unpaired) electrons. The van der Waals surface area contributed by atoms with Crippen molar-refractivity contribution in [2.45, 2.75) is 19.8 Å². The summed E-state index contributed by atoms with van der Waals surface area (Å²) in [4.78, 5) is 0. The molecule has 0 aliphatic rings. The van der Waals surface area contributed by atoms with Crippen LogP contribution in [-0.2, 0) is 0 Å². The Labute approximate surface area is 52.5 Å². The molecule has 1 N–H and O–H groups in total.